The third-order valence-electron chi connectivity index (χ3n) is 4.19. The van der Waals surface area contributed by atoms with Gasteiger partial charge in [0.2, 0.25) is 11.8 Å². The number of hydrogen-bond donors (Lipinski definition) is 1. The van der Waals surface area contributed by atoms with Crippen LogP contribution in [-0.4, -0.2) is 39.6 Å². The lowest BCUT2D eigenvalue weighted by atomic mass is 10.2. The maximum atomic E-state index is 13.9. The lowest BCUT2D eigenvalue weighted by Gasteiger charge is -2.13. The molecule has 1 heterocycles. The van der Waals surface area contributed by atoms with E-state index in [1.807, 2.05) is 0 Å². The summed E-state index contributed by atoms with van der Waals surface area (Å²) in [6.07, 6.45) is -0.106. The zero-order valence-electron chi connectivity index (χ0n) is 16.4. The van der Waals surface area contributed by atoms with Crippen LogP contribution in [0, 0.1) is 5.82 Å². The number of halogens is 1. The van der Waals surface area contributed by atoms with Gasteiger partial charge in [0.05, 0.1) is 5.69 Å². The molecule has 0 bridgehead atoms. The summed E-state index contributed by atoms with van der Waals surface area (Å²) in [7, 11) is 0. The van der Waals surface area contributed by atoms with Gasteiger partial charge in [0.25, 0.3) is 0 Å². The van der Waals surface area contributed by atoms with Crippen molar-refractivity contribution < 1.29 is 23.5 Å². The van der Waals surface area contributed by atoms with Gasteiger partial charge in [0, 0.05) is 19.9 Å². The number of carbonyl (C=O) groups excluding carboxylic acids is 3. The van der Waals surface area contributed by atoms with Crippen LogP contribution in [0.3, 0.4) is 0 Å². The van der Waals surface area contributed by atoms with E-state index in [4.69, 9.17) is 4.74 Å². The monoisotopic (exact) mass is 429 g/mol. The molecule has 7 nitrogen and oxygen atoms in total. The van der Waals surface area contributed by atoms with Gasteiger partial charge < -0.3 is 10.1 Å². The predicted molar refractivity (Wildman–Crippen MR) is 113 cm³/mol. The first-order valence-electron chi connectivity index (χ1n) is 9.27. The molecular formula is C21H20FN3O4S. The number of hydrogen-bond acceptors (Lipinski definition) is 6. The van der Waals surface area contributed by atoms with Crippen LogP contribution in [0.2, 0.25) is 0 Å². The van der Waals surface area contributed by atoms with Gasteiger partial charge in [-0.15, -0.1) is 0 Å². The fourth-order valence-corrected chi connectivity index (χ4v) is 4.06. The van der Waals surface area contributed by atoms with E-state index < -0.39 is 22.9 Å². The van der Waals surface area contributed by atoms with Crippen molar-refractivity contribution in [2.24, 2.45) is 4.99 Å². The minimum absolute atomic E-state index is 0.106. The highest BCUT2D eigenvalue weighted by molar-refractivity contribution is 8.15. The Hall–Kier alpha value is -3.20. The number of thioether (sulfide) groups is 1. The lowest BCUT2D eigenvalue weighted by Crippen LogP contribution is -2.33. The Morgan fingerprint density at radius 3 is 2.60 bits per heavy atom. The maximum Gasteiger partial charge on any atom is 0.308 e. The molecule has 1 unspecified atom stereocenters. The summed E-state index contributed by atoms with van der Waals surface area (Å²) < 4.78 is 19.0. The van der Waals surface area contributed by atoms with Crippen molar-refractivity contribution in [1.82, 2.24) is 4.90 Å². The SMILES string of the molecule is CCN1C(=O)C(CC(=O)Nc2ccccc2OC(C)=O)SC1=Nc1ccccc1F. The van der Waals surface area contributed by atoms with E-state index in [1.54, 1.807) is 43.3 Å². The van der Waals surface area contributed by atoms with Crippen LogP contribution in [0.15, 0.2) is 53.5 Å². The number of nitrogens with one attached hydrogen (secondary N) is 1. The molecule has 1 saturated heterocycles. The fraction of sp³-hybridized carbons (Fsp3) is 0.238. The first-order valence-corrected chi connectivity index (χ1v) is 10.2. The summed E-state index contributed by atoms with van der Waals surface area (Å²) in [5.74, 6) is -1.45. The number of amides is 2. The zero-order valence-corrected chi connectivity index (χ0v) is 17.2. The van der Waals surface area contributed by atoms with E-state index in [9.17, 15) is 18.8 Å². The summed E-state index contributed by atoms with van der Waals surface area (Å²) in [5, 5.41) is 2.34. The Kier molecular flexibility index (Phi) is 6.83. The van der Waals surface area contributed by atoms with Crippen LogP contribution in [0.1, 0.15) is 20.3 Å². The van der Waals surface area contributed by atoms with E-state index in [-0.39, 0.29) is 23.8 Å². The molecular weight excluding hydrogens is 409 g/mol. The summed E-state index contributed by atoms with van der Waals surface area (Å²) in [5.41, 5.74) is 0.465. The topological polar surface area (TPSA) is 88.1 Å². The highest BCUT2D eigenvalue weighted by atomic mass is 32.2. The van der Waals surface area contributed by atoms with Crippen molar-refractivity contribution in [3.63, 3.8) is 0 Å². The van der Waals surface area contributed by atoms with Crippen LogP contribution in [0.5, 0.6) is 5.75 Å². The Labute approximate surface area is 177 Å². The standard InChI is InChI=1S/C21H20FN3O4S/c1-3-25-20(28)18(30-21(25)24-15-9-5-4-8-14(15)22)12-19(27)23-16-10-6-7-11-17(16)29-13(2)26/h4-11,18H,3,12H2,1-2H3,(H,23,27). The molecule has 0 radical (unpaired) electrons. The minimum atomic E-state index is -0.684. The normalized spacial score (nSPS) is 17.3. The van der Waals surface area contributed by atoms with Crippen LogP contribution in [0.25, 0.3) is 0 Å². The van der Waals surface area contributed by atoms with Crippen molar-refractivity contribution in [1.29, 1.82) is 0 Å². The molecule has 9 heteroatoms. The average molecular weight is 429 g/mol. The Balaban J connectivity index is 1.73. The quantitative estimate of drug-likeness (QED) is 0.558. The van der Waals surface area contributed by atoms with E-state index in [1.165, 1.54) is 24.0 Å². The van der Waals surface area contributed by atoms with Gasteiger partial charge in [-0.3, -0.25) is 19.3 Å². The van der Waals surface area contributed by atoms with Gasteiger partial charge in [-0.05, 0) is 31.2 Å². The summed E-state index contributed by atoms with van der Waals surface area (Å²) in [6, 6.07) is 12.6. The van der Waals surface area contributed by atoms with Crippen LogP contribution in [0.4, 0.5) is 15.8 Å². The predicted octanol–water partition coefficient (Wildman–Crippen LogP) is 3.73. The highest BCUT2D eigenvalue weighted by Crippen LogP contribution is 2.33. The molecule has 1 atom stereocenters. The van der Waals surface area contributed by atoms with E-state index >= 15 is 0 Å². The third kappa shape index (κ3) is 5.04. The lowest BCUT2D eigenvalue weighted by molar-refractivity contribution is -0.132. The van der Waals surface area contributed by atoms with Gasteiger partial charge in [0.1, 0.15) is 16.8 Å². The second-order valence-electron chi connectivity index (χ2n) is 6.38. The minimum Gasteiger partial charge on any atom is -0.424 e. The number of para-hydroxylation sites is 3. The Bertz CT molecular complexity index is 1010. The number of amidine groups is 1. The summed E-state index contributed by atoms with van der Waals surface area (Å²) in [4.78, 5) is 42.2. The molecule has 1 N–H and O–H groups in total. The smallest absolute Gasteiger partial charge is 0.308 e. The van der Waals surface area contributed by atoms with Crippen molar-refractivity contribution >= 4 is 46.1 Å². The molecule has 3 rings (SSSR count). The zero-order chi connectivity index (χ0) is 21.7. The number of aliphatic imine (C=N–C) groups is 1. The highest BCUT2D eigenvalue weighted by Gasteiger charge is 2.38. The van der Waals surface area contributed by atoms with Gasteiger partial charge >= 0.3 is 5.97 Å². The van der Waals surface area contributed by atoms with Gasteiger partial charge in [-0.2, -0.15) is 0 Å². The molecule has 0 spiro atoms. The molecule has 0 saturated carbocycles. The fourth-order valence-electron chi connectivity index (χ4n) is 2.84. The van der Waals surface area contributed by atoms with Crippen LogP contribution < -0.4 is 10.1 Å². The molecule has 1 aliphatic rings. The Morgan fingerprint density at radius 1 is 1.20 bits per heavy atom. The largest absolute Gasteiger partial charge is 0.424 e. The number of ether oxygens (including phenoxy) is 1. The molecule has 30 heavy (non-hydrogen) atoms. The first-order chi connectivity index (χ1) is 14.4. The van der Waals surface area contributed by atoms with Crippen molar-refractivity contribution in [2.75, 3.05) is 11.9 Å². The molecule has 156 valence electrons. The second-order valence-corrected chi connectivity index (χ2v) is 7.55. The maximum absolute atomic E-state index is 13.9. The molecule has 2 aromatic rings. The van der Waals surface area contributed by atoms with E-state index in [0.29, 0.717) is 17.4 Å². The number of rotatable bonds is 6. The van der Waals surface area contributed by atoms with E-state index in [0.717, 1.165) is 11.8 Å². The Morgan fingerprint density at radius 2 is 1.90 bits per heavy atom. The number of esters is 1. The number of carbonyl (C=O) groups is 3. The van der Waals surface area contributed by atoms with Crippen LogP contribution in [-0.2, 0) is 14.4 Å². The summed E-state index contributed by atoms with van der Waals surface area (Å²) >= 11 is 1.12. The third-order valence-corrected chi connectivity index (χ3v) is 5.37. The first kappa shape index (κ1) is 21.5. The van der Waals surface area contributed by atoms with Crippen LogP contribution >= 0.6 is 11.8 Å². The molecule has 2 amide bonds. The second kappa shape index (κ2) is 9.53. The number of anilines is 1. The summed E-state index contributed by atoms with van der Waals surface area (Å²) in [6.45, 7) is 3.40. The van der Waals surface area contributed by atoms with Crippen molar-refractivity contribution in [3.8, 4) is 5.75 Å². The van der Waals surface area contributed by atoms with Crippen molar-refractivity contribution in [2.45, 2.75) is 25.5 Å². The molecule has 1 aliphatic heterocycles. The van der Waals surface area contributed by atoms with Gasteiger partial charge in [0.15, 0.2) is 10.9 Å². The molecule has 0 aromatic heterocycles. The molecule has 0 aliphatic carbocycles. The van der Waals surface area contributed by atoms with Gasteiger partial charge in [-0.25, -0.2) is 9.38 Å². The molecule has 1 fully saturated rings. The number of benzene rings is 2. The van der Waals surface area contributed by atoms with Gasteiger partial charge in [-0.1, -0.05) is 36.0 Å². The number of nitrogens with zero attached hydrogens (tertiary/aromatic N) is 2. The molecule has 2 aromatic carbocycles. The van der Waals surface area contributed by atoms with Crippen molar-refractivity contribution in [3.05, 3.63) is 54.3 Å². The van der Waals surface area contributed by atoms with E-state index in [2.05, 4.69) is 10.3 Å². The average Bonchev–Trinajstić information content (AvgIpc) is 2.99.